The average Bonchev–Trinajstić information content (AvgIpc) is 3.04. The van der Waals surface area contributed by atoms with Crippen LogP contribution in [0.4, 0.5) is 0 Å². The third-order valence-electron chi connectivity index (χ3n) is 7.20. The highest BCUT2D eigenvalue weighted by Crippen LogP contribution is 2.29. The van der Waals surface area contributed by atoms with Crippen LogP contribution in [0.3, 0.4) is 0 Å². The molecule has 0 aliphatic carbocycles. The molecule has 0 saturated carbocycles. The second kappa shape index (κ2) is 17.3. The first-order valence-electron chi connectivity index (χ1n) is 15.1. The van der Waals surface area contributed by atoms with Crippen molar-refractivity contribution >= 4 is 17.8 Å². The summed E-state index contributed by atoms with van der Waals surface area (Å²) in [6.45, 7) is 10.1. The fourth-order valence-electron chi connectivity index (χ4n) is 4.65. The molecule has 3 aromatic rings. The van der Waals surface area contributed by atoms with Crippen LogP contribution >= 0.6 is 0 Å². The summed E-state index contributed by atoms with van der Waals surface area (Å²) < 4.78 is 6.11. The summed E-state index contributed by atoms with van der Waals surface area (Å²) in [5.74, 6) is -1.69. The molecule has 0 bridgehead atoms. The highest BCUT2D eigenvalue weighted by molar-refractivity contribution is 5.99. The number of carboxylic acids is 1. The van der Waals surface area contributed by atoms with Crippen molar-refractivity contribution in [2.45, 2.75) is 52.5 Å². The molecule has 0 spiro atoms. The number of allylic oxidation sites excluding steroid dienone is 3. The molecule has 0 radical (unpaired) electrons. The number of benzene rings is 2. The molecule has 1 unspecified atom stereocenters. The third kappa shape index (κ3) is 11.6. The van der Waals surface area contributed by atoms with Gasteiger partial charge in [0.1, 0.15) is 6.04 Å². The molecule has 0 saturated heterocycles. The smallest absolute Gasteiger partial charge is 0.305 e. The van der Waals surface area contributed by atoms with Crippen molar-refractivity contribution < 1.29 is 24.2 Å². The molecular weight excluding hydrogens is 566 g/mol. The van der Waals surface area contributed by atoms with Crippen molar-refractivity contribution in [2.75, 3.05) is 13.2 Å². The monoisotopic (exact) mass is 609 g/mol. The number of aliphatic carboxylic acids is 1. The number of rotatable bonds is 17. The van der Waals surface area contributed by atoms with E-state index in [2.05, 4.69) is 35.4 Å². The molecule has 2 amide bonds. The molecule has 3 N–H and O–H groups in total. The van der Waals surface area contributed by atoms with E-state index < -0.39 is 30.2 Å². The summed E-state index contributed by atoms with van der Waals surface area (Å²) >= 11 is 0. The molecule has 3 rings (SSSR count). The van der Waals surface area contributed by atoms with Crippen molar-refractivity contribution in [1.82, 2.24) is 15.6 Å². The van der Waals surface area contributed by atoms with Crippen LogP contribution in [0.1, 0.15) is 46.5 Å². The Morgan fingerprint density at radius 2 is 1.64 bits per heavy atom. The number of amides is 2. The van der Waals surface area contributed by atoms with E-state index in [0.717, 1.165) is 41.6 Å². The van der Waals surface area contributed by atoms with Gasteiger partial charge in [-0.15, -0.1) is 0 Å². The van der Waals surface area contributed by atoms with Gasteiger partial charge < -0.3 is 20.5 Å². The van der Waals surface area contributed by atoms with Crippen LogP contribution in [-0.4, -0.2) is 47.1 Å². The van der Waals surface area contributed by atoms with Gasteiger partial charge in [-0.25, -0.2) is 4.98 Å². The summed E-state index contributed by atoms with van der Waals surface area (Å²) in [6, 6.07) is 23.0. The minimum Gasteiger partial charge on any atom is -0.481 e. The Labute approximate surface area is 265 Å². The second-order valence-electron chi connectivity index (χ2n) is 11.5. The van der Waals surface area contributed by atoms with E-state index in [4.69, 9.17) is 9.72 Å². The minimum absolute atomic E-state index is 0.263. The Morgan fingerprint density at radius 3 is 2.27 bits per heavy atom. The van der Waals surface area contributed by atoms with E-state index >= 15 is 0 Å². The van der Waals surface area contributed by atoms with Crippen molar-refractivity contribution in [3.63, 3.8) is 0 Å². The Kier molecular flexibility index (Phi) is 13.3. The molecule has 1 atom stereocenters. The fourth-order valence-corrected chi connectivity index (χ4v) is 4.65. The fraction of sp³-hybridized carbons (Fsp3) is 0.297. The topological polar surface area (TPSA) is 118 Å². The summed E-state index contributed by atoms with van der Waals surface area (Å²) in [5.41, 5.74) is 4.02. The Hall–Kier alpha value is -4.98. The lowest BCUT2D eigenvalue weighted by molar-refractivity contribution is -0.140. The van der Waals surface area contributed by atoms with E-state index in [0.29, 0.717) is 24.6 Å². The van der Waals surface area contributed by atoms with Crippen molar-refractivity contribution in [3.8, 4) is 28.3 Å². The normalized spacial score (nSPS) is 12.4. The number of ether oxygens (including phenoxy) is 1. The number of unbranched alkanes of at least 4 members (excludes halogenated alkanes) is 1. The van der Waals surface area contributed by atoms with Gasteiger partial charge in [0.05, 0.1) is 18.7 Å². The van der Waals surface area contributed by atoms with Crippen molar-refractivity contribution in [3.05, 3.63) is 109 Å². The molecular formula is C37H43N3O5. The van der Waals surface area contributed by atoms with E-state index in [9.17, 15) is 19.5 Å². The summed E-state index contributed by atoms with van der Waals surface area (Å²) in [5, 5.41) is 14.7. The zero-order valence-corrected chi connectivity index (χ0v) is 26.3. The number of nitrogens with one attached hydrogen (secondary N) is 2. The molecule has 2 aromatic carbocycles. The van der Waals surface area contributed by atoms with Crippen LogP contribution in [-0.2, 0) is 14.4 Å². The average molecular weight is 610 g/mol. The van der Waals surface area contributed by atoms with Gasteiger partial charge in [0.25, 0.3) is 5.91 Å². The maximum atomic E-state index is 12.9. The van der Waals surface area contributed by atoms with Crippen LogP contribution in [0.15, 0.2) is 109 Å². The zero-order chi connectivity index (χ0) is 32.7. The molecule has 1 aromatic heterocycles. The number of hydrogen-bond acceptors (Lipinski definition) is 5. The molecule has 8 heteroatoms. The SMILES string of the molecule is C=C/C=C\C(=C/C)C(=O)NC(CC(=O)O)C(=O)NCC(C)(C)CCCCOc1cc(-c2ccccc2)cc(-c2ccccc2)n1. The molecule has 8 nitrogen and oxygen atoms in total. The lowest BCUT2D eigenvalue weighted by atomic mass is 9.87. The lowest BCUT2D eigenvalue weighted by Crippen LogP contribution is -2.49. The van der Waals surface area contributed by atoms with Gasteiger partial charge in [0, 0.05) is 23.7 Å². The number of carbonyl (C=O) groups excluding carboxylic acids is 2. The summed E-state index contributed by atoms with van der Waals surface area (Å²) in [7, 11) is 0. The number of carbonyl (C=O) groups is 3. The van der Waals surface area contributed by atoms with Gasteiger partial charge in [-0.2, -0.15) is 0 Å². The zero-order valence-electron chi connectivity index (χ0n) is 26.3. The van der Waals surface area contributed by atoms with Crippen molar-refractivity contribution in [2.24, 2.45) is 5.41 Å². The molecule has 0 aliphatic heterocycles. The quantitative estimate of drug-likeness (QED) is 0.0885. The summed E-state index contributed by atoms with van der Waals surface area (Å²) in [6.07, 6.45) is 8.15. The maximum absolute atomic E-state index is 12.9. The number of pyridine rings is 1. The van der Waals surface area contributed by atoms with Gasteiger partial charge in [0.15, 0.2) is 0 Å². The third-order valence-corrected chi connectivity index (χ3v) is 7.20. The maximum Gasteiger partial charge on any atom is 0.305 e. The van der Waals surface area contributed by atoms with Crippen LogP contribution in [0.2, 0.25) is 0 Å². The highest BCUT2D eigenvalue weighted by Gasteiger charge is 2.26. The first kappa shape index (κ1) is 34.5. The standard InChI is InChI=1S/C37H43N3O5/c1-5-7-16-27(6-2)35(43)40-32(25-34(41)42)36(44)38-26-37(3,4)21-14-15-22-45-33-24-30(28-17-10-8-11-18-28)23-31(39-33)29-19-12-9-13-20-29/h5-13,16-20,23-24,32H,1,14-15,21-22,25-26H2,2-4H3,(H,38,44)(H,40,43)(H,41,42)/b16-7-,27-6+. The van der Waals surface area contributed by atoms with Gasteiger partial charge >= 0.3 is 5.97 Å². The molecule has 0 fully saturated rings. The predicted molar refractivity (Wildman–Crippen MR) is 179 cm³/mol. The Balaban J connectivity index is 1.54. The lowest BCUT2D eigenvalue weighted by Gasteiger charge is -2.26. The molecule has 236 valence electrons. The number of nitrogens with zero attached hydrogens (tertiary/aromatic N) is 1. The largest absolute Gasteiger partial charge is 0.481 e. The van der Waals surface area contributed by atoms with E-state index in [1.165, 1.54) is 6.08 Å². The Bertz CT molecular complexity index is 1440. The number of carboxylic acid groups (broad SMARTS) is 1. The first-order chi connectivity index (χ1) is 21.6. The molecule has 1 heterocycles. The van der Waals surface area contributed by atoms with E-state index in [1.54, 1.807) is 25.2 Å². The molecule has 0 aliphatic rings. The van der Waals surface area contributed by atoms with Gasteiger partial charge in [-0.3, -0.25) is 14.4 Å². The number of hydrogen-bond donors (Lipinski definition) is 3. The van der Waals surface area contributed by atoms with Crippen LogP contribution in [0.5, 0.6) is 5.88 Å². The number of aromatic nitrogens is 1. The van der Waals surface area contributed by atoms with Crippen LogP contribution in [0, 0.1) is 5.41 Å². The van der Waals surface area contributed by atoms with E-state index in [1.807, 2.05) is 68.4 Å². The van der Waals surface area contributed by atoms with Crippen LogP contribution < -0.4 is 15.4 Å². The molecule has 45 heavy (non-hydrogen) atoms. The summed E-state index contributed by atoms with van der Waals surface area (Å²) in [4.78, 5) is 41.7. The van der Waals surface area contributed by atoms with Gasteiger partial charge in [0.2, 0.25) is 11.8 Å². The first-order valence-corrected chi connectivity index (χ1v) is 15.1. The second-order valence-corrected chi connectivity index (χ2v) is 11.5. The van der Waals surface area contributed by atoms with Gasteiger partial charge in [-0.05, 0) is 54.9 Å². The Morgan fingerprint density at radius 1 is 0.978 bits per heavy atom. The highest BCUT2D eigenvalue weighted by atomic mass is 16.5. The van der Waals surface area contributed by atoms with Crippen LogP contribution in [0.25, 0.3) is 22.4 Å². The van der Waals surface area contributed by atoms with E-state index in [-0.39, 0.29) is 5.41 Å². The van der Waals surface area contributed by atoms with Gasteiger partial charge in [-0.1, -0.05) is 99.3 Å². The minimum atomic E-state index is -1.20. The van der Waals surface area contributed by atoms with Crippen molar-refractivity contribution in [1.29, 1.82) is 0 Å². The predicted octanol–water partition coefficient (Wildman–Crippen LogP) is 6.76.